The molecule has 0 unspecified atom stereocenters. The quantitative estimate of drug-likeness (QED) is 0.841. The van der Waals surface area contributed by atoms with Gasteiger partial charge in [-0.1, -0.05) is 19.3 Å². The van der Waals surface area contributed by atoms with E-state index in [9.17, 15) is 4.79 Å². The molecule has 1 saturated carbocycles. The minimum atomic E-state index is 0.101. The Morgan fingerprint density at radius 2 is 1.80 bits per heavy atom. The first-order chi connectivity index (χ1) is 12.3. The van der Waals surface area contributed by atoms with Crippen LogP contribution in [0.15, 0.2) is 18.2 Å². The van der Waals surface area contributed by atoms with Crippen LogP contribution in [0.25, 0.3) is 0 Å². The number of rotatable bonds is 3. The monoisotopic (exact) mass is 345 g/mol. The highest BCUT2D eigenvalue weighted by Gasteiger charge is 2.27. The van der Waals surface area contributed by atoms with Gasteiger partial charge in [-0.3, -0.25) is 4.79 Å². The van der Waals surface area contributed by atoms with Crippen molar-refractivity contribution in [3.8, 4) is 5.75 Å². The van der Waals surface area contributed by atoms with Gasteiger partial charge in [0.25, 0.3) is 5.91 Å². The highest BCUT2D eigenvalue weighted by Crippen LogP contribution is 2.27. The molecule has 1 amide bonds. The summed E-state index contributed by atoms with van der Waals surface area (Å²) in [5.74, 6) is 0.923. The van der Waals surface area contributed by atoms with Crippen molar-refractivity contribution in [1.29, 1.82) is 0 Å². The van der Waals surface area contributed by atoms with Crippen LogP contribution in [-0.2, 0) is 16.1 Å². The summed E-state index contributed by atoms with van der Waals surface area (Å²) in [5, 5.41) is 0. The third kappa shape index (κ3) is 3.98. The van der Waals surface area contributed by atoms with E-state index >= 15 is 0 Å². The van der Waals surface area contributed by atoms with E-state index in [2.05, 4.69) is 0 Å². The molecule has 0 N–H and O–H groups in total. The van der Waals surface area contributed by atoms with E-state index in [-0.39, 0.29) is 12.7 Å². The average Bonchev–Trinajstić information content (AvgIpc) is 2.68. The Balaban J connectivity index is 1.32. The van der Waals surface area contributed by atoms with Crippen LogP contribution in [-0.4, -0.2) is 42.9 Å². The van der Waals surface area contributed by atoms with Crippen LogP contribution >= 0.6 is 0 Å². The second-order valence-electron chi connectivity index (χ2n) is 7.32. The second-order valence-corrected chi connectivity index (χ2v) is 7.32. The van der Waals surface area contributed by atoms with Gasteiger partial charge in [-0.15, -0.1) is 0 Å². The SMILES string of the molecule is O=C(c1ccc2c(c1)COCO2)N1CCC(OC2CCCCC2)CC1. The van der Waals surface area contributed by atoms with Crippen molar-refractivity contribution in [2.24, 2.45) is 0 Å². The Morgan fingerprint density at radius 1 is 1.04 bits per heavy atom. The first kappa shape index (κ1) is 16.9. The van der Waals surface area contributed by atoms with Crippen molar-refractivity contribution in [2.75, 3.05) is 19.9 Å². The normalized spacial score (nSPS) is 22.3. The van der Waals surface area contributed by atoms with E-state index in [0.29, 0.717) is 18.8 Å². The number of hydrogen-bond acceptors (Lipinski definition) is 4. The molecule has 5 heteroatoms. The molecule has 1 aliphatic carbocycles. The largest absolute Gasteiger partial charge is 0.467 e. The summed E-state index contributed by atoms with van der Waals surface area (Å²) in [6, 6.07) is 5.64. The molecule has 1 aromatic carbocycles. The molecule has 2 aliphatic heterocycles. The minimum absolute atomic E-state index is 0.101. The van der Waals surface area contributed by atoms with E-state index in [1.807, 2.05) is 23.1 Å². The van der Waals surface area contributed by atoms with Crippen molar-refractivity contribution in [2.45, 2.75) is 63.8 Å². The van der Waals surface area contributed by atoms with Crippen molar-refractivity contribution in [3.63, 3.8) is 0 Å². The van der Waals surface area contributed by atoms with Gasteiger partial charge in [-0.05, 0) is 43.9 Å². The second kappa shape index (κ2) is 7.75. The highest BCUT2D eigenvalue weighted by molar-refractivity contribution is 5.94. The van der Waals surface area contributed by atoms with E-state index in [4.69, 9.17) is 14.2 Å². The van der Waals surface area contributed by atoms with Gasteiger partial charge >= 0.3 is 0 Å². The smallest absolute Gasteiger partial charge is 0.253 e. The lowest BCUT2D eigenvalue weighted by molar-refractivity contribution is -0.0527. The molecule has 0 radical (unpaired) electrons. The predicted octanol–water partition coefficient (Wildman–Crippen LogP) is 3.51. The molecule has 0 atom stereocenters. The van der Waals surface area contributed by atoms with Gasteiger partial charge in [-0.2, -0.15) is 0 Å². The van der Waals surface area contributed by atoms with Crippen LogP contribution in [0.1, 0.15) is 60.9 Å². The summed E-state index contributed by atoms with van der Waals surface area (Å²) in [4.78, 5) is 14.7. The zero-order valence-electron chi connectivity index (χ0n) is 14.7. The van der Waals surface area contributed by atoms with Crippen molar-refractivity contribution in [1.82, 2.24) is 4.90 Å². The zero-order valence-corrected chi connectivity index (χ0v) is 14.7. The first-order valence-corrected chi connectivity index (χ1v) is 9.58. The molecular formula is C20H27NO4. The average molecular weight is 345 g/mol. The Morgan fingerprint density at radius 3 is 2.60 bits per heavy atom. The number of fused-ring (bicyclic) bond motifs is 1. The molecule has 2 heterocycles. The maximum absolute atomic E-state index is 12.8. The molecule has 25 heavy (non-hydrogen) atoms. The molecule has 0 spiro atoms. The fraction of sp³-hybridized carbons (Fsp3) is 0.650. The molecule has 3 aliphatic rings. The lowest BCUT2D eigenvalue weighted by Crippen LogP contribution is -2.42. The minimum Gasteiger partial charge on any atom is -0.467 e. The number of carbonyl (C=O) groups excluding carboxylic acids is 1. The number of amides is 1. The molecule has 0 bridgehead atoms. The van der Waals surface area contributed by atoms with Crippen molar-refractivity contribution in [3.05, 3.63) is 29.3 Å². The van der Waals surface area contributed by atoms with Crippen molar-refractivity contribution >= 4 is 5.91 Å². The number of hydrogen-bond donors (Lipinski definition) is 0. The van der Waals surface area contributed by atoms with Crippen molar-refractivity contribution < 1.29 is 19.0 Å². The van der Waals surface area contributed by atoms with Crippen LogP contribution in [0, 0.1) is 0 Å². The topological polar surface area (TPSA) is 48.0 Å². The number of likely N-dealkylation sites (tertiary alicyclic amines) is 1. The van der Waals surface area contributed by atoms with Crippen LogP contribution in [0.3, 0.4) is 0 Å². The van der Waals surface area contributed by atoms with Gasteiger partial charge in [0, 0.05) is 24.2 Å². The number of benzene rings is 1. The summed E-state index contributed by atoms with van der Waals surface area (Å²) in [6.45, 7) is 2.35. The predicted molar refractivity (Wildman–Crippen MR) is 93.6 cm³/mol. The fourth-order valence-electron chi connectivity index (χ4n) is 4.07. The Labute approximate surface area is 149 Å². The Bertz CT molecular complexity index is 604. The number of carbonyl (C=O) groups is 1. The van der Waals surface area contributed by atoms with E-state index < -0.39 is 0 Å². The summed E-state index contributed by atoms with van der Waals surface area (Å²) in [6.07, 6.45) is 9.01. The summed E-state index contributed by atoms with van der Waals surface area (Å²) >= 11 is 0. The number of piperidine rings is 1. The number of nitrogens with zero attached hydrogens (tertiary/aromatic N) is 1. The summed E-state index contributed by atoms with van der Waals surface area (Å²) in [7, 11) is 0. The fourth-order valence-corrected chi connectivity index (χ4v) is 4.07. The molecule has 0 aromatic heterocycles. The maximum atomic E-state index is 12.8. The number of ether oxygens (including phenoxy) is 3. The maximum Gasteiger partial charge on any atom is 0.253 e. The van der Waals surface area contributed by atoms with Crippen LogP contribution in [0.2, 0.25) is 0 Å². The highest BCUT2D eigenvalue weighted by atomic mass is 16.7. The van der Waals surface area contributed by atoms with E-state index in [1.54, 1.807) is 0 Å². The molecule has 4 rings (SSSR count). The lowest BCUT2D eigenvalue weighted by Gasteiger charge is -2.35. The van der Waals surface area contributed by atoms with Crippen LogP contribution < -0.4 is 4.74 Å². The molecule has 1 saturated heterocycles. The van der Waals surface area contributed by atoms with Gasteiger partial charge < -0.3 is 19.1 Å². The van der Waals surface area contributed by atoms with Gasteiger partial charge in [0.15, 0.2) is 6.79 Å². The standard InChI is InChI=1S/C20H27NO4/c22-20(15-6-7-19-16(12-15)13-23-14-24-19)21-10-8-18(9-11-21)25-17-4-2-1-3-5-17/h6-7,12,17-18H,1-5,8-11,13-14H2. The molecule has 5 nitrogen and oxygen atoms in total. The Kier molecular flexibility index (Phi) is 5.22. The Hall–Kier alpha value is -1.59. The molecule has 2 fully saturated rings. The van der Waals surface area contributed by atoms with Gasteiger partial charge in [0.05, 0.1) is 18.8 Å². The summed E-state index contributed by atoms with van der Waals surface area (Å²) < 4.78 is 17.0. The van der Waals surface area contributed by atoms with Gasteiger partial charge in [0.1, 0.15) is 5.75 Å². The molecule has 136 valence electrons. The van der Waals surface area contributed by atoms with Crippen LogP contribution in [0.4, 0.5) is 0 Å². The van der Waals surface area contributed by atoms with Crippen LogP contribution in [0.5, 0.6) is 5.75 Å². The first-order valence-electron chi connectivity index (χ1n) is 9.58. The van der Waals surface area contributed by atoms with E-state index in [0.717, 1.165) is 42.8 Å². The van der Waals surface area contributed by atoms with E-state index in [1.165, 1.54) is 32.1 Å². The third-order valence-corrected chi connectivity index (χ3v) is 5.53. The lowest BCUT2D eigenvalue weighted by atomic mass is 9.97. The zero-order chi connectivity index (χ0) is 17.1. The molecular weight excluding hydrogens is 318 g/mol. The summed E-state index contributed by atoms with van der Waals surface area (Å²) in [5.41, 5.74) is 1.67. The third-order valence-electron chi connectivity index (χ3n) is 5.53. The van der Waals surface area contributed by atoms with Gasteiger partial charge in [-0.25, -0.2) is 0 Å². The van der Waals surface area contributed by atoms with Gasteiger partial charge in [0.2, 0.25) is 0 Å². The molecule has 1 aromatic rings.